The lowest BCUT2D eigenvalue weighted by Gasteiger charge is -2.29. The Morgan fingerprint density at radius 3 is 1.91 bits per heavy atom. The molecule has 1 aliphatic carbocycles. The highest BCUT2D eigenvalue weighted by Crippen LogP contribution is 2.32. The van der Waals surface area contributed by atoms with Crippen molar-refractivity contribution in [1.82, 2.24) is 0 Å². The highest BCUT2D eigenvalue weighted by molar-refractivity contribution is 5.96. The second-order valence-electron chi connectivity index (χ2n) is 8.23. The summed E-state index contributed by atoms with van der Waals surface area (Å²) in [4.78, 5) is 24.7. The summed E-state index contributed by atoms with van der Waals surface area (Å²) in [6.45, 7) is 0.166. The topological polar surface area (TPSA) is 85.3 Å². The first-order valence-electron chi connectivity index (χ1n) is 11.0. The molecule has 0 aliphatic heterocycles. The summed E-state index contributed by atoms with van der Waals surface area (Å²) in [5.41, 5.74) is 0.496. The van der Waals surface area contributed by atoms with Gasteiger partial charge in [0.2, 0.25) is 0 Å². The maximum atomic E-state index is 13.4. The predicted molar refractivity (Wildman–Crippen MR) is 117 cm³/mol. The van der Waals surface area contributed by atoms with Gasteiger partial charge < -0.3 is 19.3 Å². The van der Waals surface area contributed by atoms with E-state index in [9.17, 15) is 27.2 Å². The van der Waals surface area contributed by atoms with Gasteiger partial charge in [0.15, 0.2) is 0 Å². The number of ether oxygens (including phenoxy) is 3. The first-order valence-corrected chi connectivity index (χ1v) is 11.0. The standard InChI is InChI=1S/C24H25F4NO6/c25-18-5-7-19(8-6-18)29(20-9-11-21(12-10-20)35-24(26,27)28)23(32)34-14-17-3-1-16(2-4-17)13-33-15-22(30)31/h5-12,16-17H,1-4,13-15H2,(H,30,31)/t16-,17-. The molecule has 2 aromatic carbocycles. The highest BCUT2D eigenvalue weighted by atomic mass is 19.4. The largest absolute Gasteiger partial charge is 0.573 e. The number of halogens is 4. The Morgan fingerprint density at radius 1 is 0.886 bits per heavy atom. The van der Waals surface area contributed by atoms with Gasteiger partial charge in [-0.1, -0.05) is 0 Å². The molecule has 0 spiro atoms. The maximum Gasteiger partial charge on any atom is 0.573 e. The number of carboxylic acids is 1. The number of rotatable bonds is 9. The Morgan fingerprint density at radius 2 is 1.40 bits per heavy atom. The van der Waals surface area contributed by atoms with Crippen LogP contribution >= 0.6 is 0 Å². The summed E-state index contributed by atoms with van der Waals surface area (Å²) >= 11 is 0. The molecule has 3 rings (SSSR count). The minimum atomic E-state index is -4.85. The molecule has 190 valence electrons. The summed E-state index contributed by atoms with van der Waals surface area (Å²) in [6, 6.07) is 9.72. The van der Waals surface area contributed by atoms with E-state index in [-0.39, 0.29) is 36.4 Å². The SMILES string of the molecule is O=C(O)COC[C@H]1CC[C@H](COC(=O)N(c2ccc(F)cc2)c2ccc(OC(F)(F)F)cc2)CC1. The average Bonchev–Trinajstić information content (AvgIpc) is 2.80. The average molecular weight is 499 g/mol. The van der Waals surface area contributed by atoms with Gasteiger partial charge in [0.05, 0.1) is 24.6 Å². The van der Waals surface area contributed by atoms with Gasteiger partial charge >= 0.3 is 18.4 Å². The number of amides is 1. The number of nitrogens with zero attached hydrogens (tertiary/aromatic N) is 1. The van der Waals surface area contributed by atoms with Crippen molar-refractivity contribution in [2.45, 2.75) is 32.0 Å². The van der Waals surface area contributed by atoms with Crippen LogP contribution in [-0.4, -0.2) is 43.4 Å². The zero-order valence-electron chi connectivity index (χ0n) is 18.7. The number of anilines is 2. The number of carboxylic acid groups (broad SMARTS) is 1. The molecule has 1 fully saturated rings. The van der Waals surface area contributed by atoms with E-state index in [1.807, 2.05) is 0 Å². The van der Waals surface area contributed by atoms with Crippen molar-refractivity contribution in [3.05, 3.63) is 54.3 Å². The number of benzene rings is 2. The molecule has 0 unspecified atom stereocenters. The Hall–Kier alpha value is -3.34. The van der Waals surface area contributed by atoms with Gasteiger partial charge in [0.1, 0.15) is 18.2 Å². The summed E-state index contributed by atoms with van der Waals surface area (Å²) in [5, 5.41) is 8.64. The third kappa shape index (κ3) is 8.43. The van der Waals surface area contributed by atoms with Crippen LogP contribution in [-0.2, 0) is 14.3 Å². The van der Waals surface area contributed by atoms with Crippen LogP contribution in [0.3, 0.4) is 0 Å². The van der Waals surface area contributed by atoms with Gasteiger partial charge in [-0.2, -0.15) is 0 Å². The van der Waals surface area contributed by atoms with Crippen molar-refractivity contribution in [3.63, 3.8) is 0 Å². The minimum absolute atomic E-state index is 0.104. The van der Waals surface area contributed by atoms with E-state index in [4.69, 9.17) is 14.6 Å². The number of hydrogen-bond donors (Lipinski definition) is 1. The van der Waals surface area contributed by atoms with E-state index in [1.54, 1.807) is 0 Å². The second kappa shape index (κ2) is 11.9. The number of carbonyl (C=O) groups excluding carboxylic acids is 1. The molecule has 1 amide bonds. The molecule has 0 aromatic heterocycles. The fourth-order valence-corrected chi connectivity index (χ4v) is 3.88. The van der Waals surface area contributed by atoms with E-state index in [0.29, 0.717) is 6.61 Å². The van der Waals surface area contributed by atoms with E-state index < -0.39 is 30.0 Å². The van der Waals surface area contributed by atoms with Crippen LogP contribution in [0.15, 0.2) is 48.5 Å². The first kappa shape index (κ1) is 26.3. The van der Waals surface area contributed by atoms with Crippen LogP contribution in [0.5, 0.6) is 5.75 Å². The van der Waals surface area contributed by atoms with Crippen molar-refractivity contribution >= 4 is 23.4 Å². The Kier molecular flexibility index (Phi) is 8.91. The predicted octanol–water partition coefficient (Wildman–Crippen LogP) is 5.91. The molecule has 0 heterocycles. The Balaban J connectivity index is 1.62. The van der Waals surface area contributed by atoms with Crippen molar-refractivity contribution in [2.75, 3.05) is 24.7 Å². The van der Waals surface area contributed by atoms with Gasteiger partial charge in [-0.25, -0.2) is 18.9 Å². The lowest BCUT2D eigenvalue weighted by Crippen LogP contribution is -2.30. The number of aliphatic carboxylic acids is 1. The van der Waals surface area contributed by atoms with E-state index in [2.05, 4.69) is 4.74 Å². The van der Waals surface area contributed by atoms with Gasteiger partial charge in [-0.15, -0.1) is 13.2 Å². The first-order chi connectivity index (χ1) is 16.6. The Bertz CT molecular complexity index is 973. The van der Waals surface area contributed by atoms with E-state index >= 15 is 0 Å². The number of alkyl halides is 3. The van der Waals surface area contributed by atoms with Crippen molar-refractivity contribution in [2.24, 2.45) is 11.8 Å². The molecule has 1 saturated carbocycles. The van der Waals surface area contributed by atoms with Crippen molar-refractivity contribution < 1.29 is 46.5 Å². The summed E-state index contributed by atoms with van der Waals surface area (Å²) < 4.78 is 65.3. The zero-order valence-corrected chi connectivity index (χ0v) is 18.7. The Labute approximate surface area is 199 Å². The third-order valence-corrected chi connectivity index (χ3v) is 5.58. The van der Waals surface area contributed by atoms with Crippen LogP contribution in [0.25, 0.3) is 0 Å². The second-order valence-corrected chi connectivity index (χ2v) is 8.23. The van der Waals surface area contributed by atoms with Gasteiger partial charge in [0, 0.05) is 0 Å². The number of hydrogen-bond acceptors (Lipinski definition) is 5. The summed E-state index contributed by atoms with van der Waals surface area (Å²) in [7, 11) is 0. The summed E-state index contributed by atoms with van der Waals surface area (Å²) in [6.07, 6.45) is -2.44. The molecule has 0 atom stereocenters. The van der Waals surface area contributed by atoms with Crippen LogP contribution in [0.4, 0.5) is 33.7 Å². The van der Waals surface area contributed by atoms with Crippen LogP contribution in [0.1, 0.15) is 25.7 Å². The molecule has 0 saturated heterocycles. The molecule has 35 heavy (non-hydrogen) atoms. The molecule has 1 aliphatic rings. The van der Waals surface area contributed by atoms with Crippen LogP contribution < -0.4 is 9.64 Å². The lowest BCUT2D eigenvalue weighted by molar-refractivity contribution is -0.274. The molecule has 11 heteroatoms. The normalized spacial score (nSPS) is 18.1. The smallest absolute Gasteiger partial charge is 0.480 e. The quantitative estimate of drug-likeness (QED) is 0.432. The fraction of sp³-hybridized carbons (Fsp3) is 0.417. The highest BCUT2D eigenvalue weighted by Gasteiger charge is 2.31. The monoisotopic (exact) mass is 499 g/mol. The molecule has 7 nitrogen and oxygen atoms in total. The zero-order chi connectivity index (χ0) is 25.4. The molecule has 0 bridgehead atoms. The number of carbonyl (C=O) groups is 2. The van der Waals surface area contributed by atoms with E-state index in [1.165, 1.54) is 24.3 Å². The summed E-state index contributed by atoms with van der Waals surface area (Å²) in [5.74, 6) is -1.63. The maximum absolute atomic E-state index is 13.4. The van der Waals surface area contributed by atoms with Crippen molar-refractivity contribution in [3.8, 4) is 5.75 Å². The fourth-order valence-electron chi connectivity index (χ4n) is 3.88. The molecular formula is C24H25F4NO6. The minimum Gasteiger partial charge on any atom is -0.480 e. The van der Waals surface area contributed by atoms with Crippen LogP contribution in [0, 0.1) is 17.7 Å². The molecule has 2 aromatic rings. The van der Waals surface area contributed by atoms with Crippen LogP contribution in [0.2, 0.25) is 0 Å². The van der Waals surface area contributed by atoms with Gasteiger partial charge in [-0.05, 0) is 86.1 Å². The van der Waals surface area contributed by atoms with Gasteiger partial charge in [-0.3, -0.25) is 0 Å². The van der Waals surface area contributed by atoms with E-state index in [0.717, 1.165) is 54.8 Å². The molecule has 0 radical (unpaired) electrons. The lowest BCUT2D eigenvalue weighted by atomic mass is 9.83. The molecule has 1 N–H and O–H groups in total. The molecular weight excluding hydrogens is 474 g/mol. The third-order valence-electron chi connectivity index (χ3n) is 5.58. The van der Waals surface area contributed by atoms with Gasteiger partial charge in [0.25, 0.3) is 0 Å². The van der Waals surface area contributed by atoms with Crippen molar-refractivity contribution in [1.29, 1.82) is 0 Å².